The van der Waals surface area contributed by atoms with E-state index < -0.39 is 0 Å². The zero-order chi connectivity index (χ0) is 20.4. The van der Waals surface area contributed by atoms with Crippen LogP contribution in [0.1, 0.15) is 47.6 Å². The minimum atomic E-state index is -0.343. The molecule has 0 aliphatic rings. The van der Waals surface area contributed by atoms with E-state index in [1.165, 1.54) is 28.5 Å². The van der Waals surface area contributed by atoms with Gasteiger partial charge in [-0.3, -0.25) is 0 Å². The summed E-state index contributed by atoms with van der Waals surface area (Å²) in [5.74, 6) is 0.955. The van der Waals surface area contributed by atoms with Gasteiger partial charge in [0.1, 0.15) is 5.58 Å². The molecule has 146 valence electrons. The first-order valence-corrected chi connectivity index (χ1v) is 10.3. The van der Waals surface area contributed by atoms with Crippen LogP contribution in [0.3, 0.4) is 0 Å². The fourth-order valence-electron chi connectivity index (χ4n) is 3.24. The first-order chi connectivity index (χ1) is 13.2. The van der Waals surface area contributed by atoms with Gasteiger partial charge in [0.05, 0.1) is 5.69 Å². The van der Waals surface area contributed by atoms with Crippen molar-refractivity contribution in [3.63, 3.8) is 0 Å². The number of thioether (sulfide) groups is 1. The first-order valence-electron chi connectivity index (χ1n) is 9.36. The van der Waals surface area contributed by atoms with Crippen molar-refractivity contribution < 1.29 is 4.42 Å². The zero-order valence-electron chi connectivity index (χ0n) is 17.0. The van der Waals surface area contributed by atoms with E-state index in [-0.39, 0.29) is 5.63 Å². The zero-order valence-corrected chi connectivity index (χ0v) is 17.8. The molecule has 1 aromatic heterocycles. The summed E-state index contributed by atoms with van der Waals surface area (Å²) in [6.45, 7) is 10.5. The van der Waals surface area contributed by atoms with Gasteiger partial charge in [-0.05, 0) is 78.8 Å². The lowest BCUT2D eigenvalue weighted by Gasteiger charge is -2.13. The average Bonchev–Trinajstić information content (AvgIpc) is 2.61. The van der Waals surface area contributed by atoms with Gasteiger partial charge >= 0.3 is 5.63 Å². The molecule has 2 N–H and O–H groups in total. The molecule has 0 saturated heterocycles. The molecule has 5 heteroatoms. The summed E-state index contributed by atoms with van der Waals surface area (Å²) in [7, 11) is 0. The molecule has 3 aromatic rings. The lowest BCUT2D eigenvalue weighted by molar-refractivity contribution is 0.559. The fraction of sp³-hybridized carbons (Fsp3) is 0.304. The van der Waals surface area contributed by atoms with E-state index in [1.54, 1.807) is 6.07 Å². The molecular formula is C23H26N2O2S. The van der Waals surface area contributed by atoms with Gasteiger partial charge in [-0.1, -0.05) is 31.7 Å². The van der Waals surface area contributed by atoms with Gasteiger partial charge in [0.15, 0.2) is 5.17 Å². The normalized spacial score (nSPS) is 12.1. The summed E-state index contributed by atoms with van der Waals surface area (Å²) in [6, 6.07) is 11.7. The molecule has 2 aromatic carbocycles. The minimum absolute atomic E-state index is 0.343. The number of benzene rings is 2. The lowest BCUT2D eigenvalue weighted by atomic mass is 9.95. The van der Waals surface area contributed by atoms with Crippen LogP contribution in [0.15, 0.2) is 50.6 Å². The number of hydrogen-bond acceptors (Lipinski definition) is 4. The van der Waals surface area contributed by atoms with Crippen molar-refractivity contribution in [1.82, 2.24) is 0 Å². The van der Waals surface area contributed by atoms with E-state index in [0.29, 0.717) is 22.4 Å². The van der Waals surface area contributed by atoms with Crippen molar-refractivity contribution >= 4 is 33.6 Å². The van der Waals surface area contributed by atoms with Crippen LogP contribution in [0.4, 0.5) is 5.69 Å². The molecule has 0 unspecified atom stereocenters. The topological polar surface area (TPSA) is 68.6 Å². The third-order valence-corrected chi connectivity index (χ3v) is 5.79. The SMILES string of the molecule is Cc1ccc(N=C(N)SCc2cc(=O)oc3cc(C)c(C(C)C)cc23)cc1C. The largest absolute Gasteiger partial charge is 0.423 e. The van der Waals surface area contributed by atoms with Gasteiger partial charge in [-0.15, -0.1) is 0 Å². The van der Waals surface area contributed by atoms with Crippen LogP contribution in [0, 0.1) is 20.8 Å². The number of aryl methyl sites for hydroxylation is 3. The Morgan fingerprint density at radius 2 is 1.82 bits per heavy atom. The predicted octanol–water partition coefficient (Wildman–Crippen LogP) is 5.72. The molecule has 0 aliphatic heterocycles. The molecule has 0 fully saturated rings. The number of rotatable bonds is 4. The van der Waals surface area contributed by atoms with Gasteiger partial charge in [0.25, 0.3) is 0 Å². The molecule has 28 heavy (non-hydrogen) atoms. The van der Waals surface area contributed by atoms with Crippen molar-refractivity contribution in [2.45, 2.75) is 46.3 Å². The van der Waals surface area contributed by atoms with Crippen LogP contribution in [-0.4, -0.2) is 5.17 Å². The Kier molecular flexibility index (Phi) is 5.94. The Morgan fingerprint density at radius 1 is 1.07 bits per heavy atom. The Morgan fingerprint density at radius 3 is 2.50 bits per heavy atom. The summed E-state index contributed by atoms with van der Waals surface area (Å²) >= 11 is 1.42. The average molecular weight is 395 g/mol. The highest BCUT2D eigenvalue weighted by Gasteiger charge is 2.12. The molecule has 3 rings (SSSR count). The van der Waals surface area contributed by atoms with Crippen molar-refractivity contribution in [1.29, 1.82) is 0 Å². The highest BCUT2D eigenvalue weighted by molar-refractivity contribution is 8.13. The van der Waals surface area contributed by atoms with E-state index >= 15 is 0 Å². The molecule has 0 spiro atoms. The molecule has 0 amide bonds. The Labute approximate surface area is 169 Å². The number of fused-ring (bicyclic) bond motifs is 1. The maximum absolute atomic E-state index is 12.0. The van der Waals surface area contributed by atoms with Crippen molar-refractivity contribution in [3.05, 3.63) is 74.6 Å². The van der Waals surface area contributed by atoms with E-state index in [0.717, 1.165) is 22.2 Å². The van der Waals surface area contributed by atoms with Gasteiger partial charge in [0.2, 0.25) is 0 Å². The minimum Gasteiger partial charge on any atom is -0.423 e. The third kappa shape index (κ3) is 4.47. The number of aliphatic imine (C=N–C) groups is 1. The Bertz CT molecular complexity index is 1110. The molecule has 0 aliphatic carbocycles. The maximum atomic E-state index is 12.0. The van der Waals surface area contributed by atoms with Crippen LogP contribution in [0.25, 0.3) is 11.0 Å². The van der Waals surface area contributed by atoms with E-state index in [1.807, 2.05) is 31.2 Å². The molecule has 1 heterocycles. The van der Waals surface area contributed by atoms with Crippen molar-refractivity contribution in [2.75, 3.05) is 0 Å². The standard InChI is InChI=1S/C23H26N2O2S/c1-13(2)19-11-20-17(10-22(26)27-21(20)9-16(19)5)12-28-23(24)25-18-7-6-14(3)15(4)8-18/h6-11,13H,12H2,1-5H3,(H2,24,25). The number of nitrogens with zero attached hydrogens (tertiary/aromatic N) is 1. The van der Waals surface area contributed by atoms with Gasteiger partial charge in [-0.2, -0.15) is 0 Å². The lowest BCUT2D eigenvalue weighted by Crippen LogP contribution is -2.08. The van der Waals surface area contributed by atoms with Crippen LogP contribution in [-0.2, 0) is 5.75 Å². The predicted molar refractivity (Wildman–Crippen MR) is 120 cm³/mol. The summed E-state index contributed by atoms with van der Waals surface area (Å²) in [5.41, 5.74) is 13.0. The highest BCUT2D eigenvalue weighted by Crippen LogP contribution is 2.29. The highest BCUT2D eigenvalue weighted by atomic mass is 32.2. The Hall–Kier alpha value is -2.53. The molecule has 0 saturated carbocycles. The van der Waals surface area contributed by atoms with Gasteiger partial charge < -0.3 is 10.2 Å². The van der Waals surface area contributed by atoms with Crippen LogP contribution in [0.2, 0.25) is 0 Å². The van der Waals surface area contributed by atoms with Crippen LogP contribution >= 0.6 is 11.8 Å². The van der Waals surface area contributed by atoms with Crippen molar-refractivity contribution in [2.24, 2.45) is 10.7 Å². The molecule has 0 atom stereocenters. The van der Waals surface area contributed by atoms with E-state index in [2.05, 4.69) is 38.8 Å². The quantitative estimate of drug-likeness (QED) is 0.349. The van der Waals surface area contributed by atoms with Gasteiger partial charge in [-0.25, -0.2) is 9.79 Å². The molecule has 4 nitrogen and oxygen atoms in total. The summed E-state index contributed by atoms with van der Waals surface area (Å²) in [6.07, 6.45) is 0. The van der Waals surface area contributed by atoms with Crippen LogP contribution < -0.4 is 11.4 Å². The second-order valence-corrected chi connectivity index (χ2v) is 8.45. The van der Waals surface area contributed by atoms with Crippen molar-refractivity contribution in [3.8, 4) is 0 Å². The second-order valence-electron chi connectivity index (χ2n) is 7.46. The monoisotopic (exact) mass is 394 g/mol. The first kappa shape index (κ1) is 20.2. The number of hydrogen-bond donors (Lipinski definition) is 1. The molecular weight excluding hydrogens is 368 g/mol. The summed E-state index contributed by atoms with van der Waals surface area (Å²) < 4.78 is 5.42. The van der Waals surface area contributed by atoms with E-state index in [4.69, 9.17) is 10.2 Å². The maximum Gasteiger partial charge on any atom is 0.336 e. The van der Waals surface area contributed by atoms with E-state index in [9.17, 15) is 4.79 Å². The summed E-state index contributed by atoms with van der Waals surface area (Å²) in [5, 5.41) is 1.43. The second kappa shape index (κ2) is 8.23. The summed E-state index contributed by atoms with van der Waals surface area (Å²) in [4.78, 5) is 16.5. The molecule has 0 bridgehead atoms. The third-order valence-electron chi connectivity index (χ3n) is 4.94. The number of amidine groups is 1. The smallest absolute Gasteiger partial charge is 0.336 e. The van der Waals surface area contributed by atoms with Crippen LogP contribution in [0.5, 0.6) is 0 Å². The molecule has 0 radical (unpaired) electrons. The fourth-order valence-corrected chi connectivity index (χ4v) is 3.95. The Balaban J connectivity index is 1.90. The van der Waals surface area contributed by atoms with Gasteiger partial charge in [0, 0.05) is 17.2 Å². The number of nitrogens with two attached hydrogens (primary N) is 1.